The second kappa shape index (κ2) is 11.5. The lowest BCUT2D eigenvalue weighted by Gasteiger charge is -2.14. The number of methoxy groups -OCH3 is 1. The van der Waals surface area contributed by atoms with Crippen molar-refractivity contribution in [1.82, 2.24) is 4.98 Å². The van der Waals surface area contributed by atoms with Gasteiger partial charge in [0.15, 0.2) is 0 Å². The van der Waals surface area contributed by atoms with E-state index in [0.29, 0.717) is 5.92 Å². The second-order valence-corrected chi connectivity index (χ2v) is 5.71. The number of pyridine rings is 1. The first-order valence-corrected chi connectivity index (χ1v) is 8.65. The van der Waals surface area contributed by atoms with E-state index in [2.05, 4.69) is 57.1 Å². The van der Waals surface area contributed by atoms with E-state index in [-0.39, 0.29) is 0 Å². The van der Waals surface area contributed by atoms with Crippen molar-refractivity contribution in [2.24, 2.45) is 0 Å². The molecule has 0 bridgehead atoms. The van der Waals surface area contributed by atoms with E-state index < -0.39 is 0 Å². The van der Waals surface area contributed by atoms with E-state index in [4.69, 9.17) is 4.74 Å². The van der Waals surface area contributed by atoms with Gasteiger partial charge < -0.3 is 10.1 Å². The number of para-hydroxylation sites is 1. The molecule has 0 aliphatic carbocycles. The van der Waals surface area contributed by atoms with Crippen LogP contribution in [0.4, 0.5) is 5.69 Å². The van der Waals surface area contributed by atoms with Gasteiger partial charge in [0.2, 0.25) is 5.88 Å². The molecule has 0 amide bonds. The van der Waals surface area contributed by atoms with Crippen molar-refractivity contribution >= 4 is 5.69 Å². The molecule has 1 aromatic heterocycles. The summed E-state index contributed by atoms with van der Waals surface area (Å²) in [4.78, 5) is 4.22. The summed E-state index contributed by atoms with van der Waals surface area (Å²) in [5.41, 5.74) is 6.26. The van der Waals surface area contributed by atoms with E-state index in [1.807, 2.05) is 39.2 Å². The number of anilines is 1. The number of nitrogens with one attached hydrogen (secondary N) is 1. The normalized spacial score (nSPS) is 9.42. The molecule has 0 aliphatic heterocycles. The molecule has 2 rings (SSSR count). The number of aryl methyl sites for hydroxylation is 2. The predicted molar refractivity (Wildman–Crippen MR) is 106 cm³/mol. The summed E-state index contributed by atoms with van der Waals surface area (Å²) in [7, 11) is 3.59. The van der Waals surface area contributed by atoms with Gasteiger partial charge in [-0.1, -0.05) is 45.9 Å². The first-order chi connectivity index (χ1) is 11.4. The molecule has 1 N–H and O–H groups in total. The van der Waals surface area contributed by atoms with Crippen LogP contribution in [-0.2, 0) is 0 Å². The quantitative estimate of drug-likeness (QED) is 0.761. The molecule has 2 aromatic rings. The van der Waals surface area contributed by atoms with E-state index in [9.17, 15) is 0 Å². The fourth-order valence-corrected chi connectivity index (χ4v) is 2.68. The van der Waals surface area contributed by atoms with Crippen LogP contribution >= 0.6 is 0 Å². The van der Waals surface area contributed by atoms with Crippen molar-refractivity contribution < 1.29 is 4.74 Å². The Labute approximate surface area is 148 Å². The van der Waals surface area contributed by atoms with Crippen LogP contribution in [0.5, 0.6) is 5.88 Å². The van der Waals surface area contributed by atoms with E-state index in [1.165, 1.54) is 22.4 Å². The SMILES string of the molecule is CC.CNc1ccccc1C.COc1ncc(C)c(C(C)C)c1C. The van der Waals surface area contributed by atoms with Gasteiger partial charge >= 0.3 is 0 Å². The van der Waals surface area contributed by atoms with Crippen molar-refractivity contribution in [3.05, 3.63) is 52.7 Å². The summed E-state index contributed by atoms with van der Waals surface area (Å²) in [5.74, 6) is 1.27. The molecular formula is C21H34N2O. The number of aromatic nitrogens is 1. The summed E-state index contributed by atoms with van der Waals surface area (Å²) in [6.45, 7) is 14.6. The molecule has 134 valence electrons. The van der Waals surface area contributed by atoms with E-state index in [1.54, 1.807) is 7.11 Å². The highest BCUT2D eigenvalue weighted by Gasteiger charge is 2.11. The minimum atomic E-state index is 0.525. The number of nitrogens with zero attached hydrogens (tertiary/aromatic N) is 1. The molecule has 0 radical (unpaired) electrons. The topological polar surface area (TPSA) is 34.1 Å². The van der Waals surface area contributed by atoms with Crippen LogP contribution in [0.1, 0.15) is 55.9 Å². The van der Waals surface area contributed by atoms with Gasteiger partial charge in [-0.05, 0) is 49.4 Å². The lowest BCUT2D eigenvalue weighted by atomic mass is 9.95. The molecule has 3 heteroatoms. The zero-order valence-corrected chi connectivity index (χ0v) is 16.8. The highest BCUT2D eigenvalue weighted by molar-refractivity contribution is 5.49. The summed E-state index contributed by atoms with van der Waals surface area (Å²) in [6.07, 6.45) is 1.88. The summed E-state index contributed by atoms with van der Waals surface area (Å²) in [6, 6.07) is 8.22. The van der Waals surface area contributed by atoms with E-state index in [0.717, 1.165) is 11.4 Å². The van der Waals surface area contributed by atoms with Crippen LogP contribution in [0.2, 0.25) is 0 Å². The number of ether oxygens (including phenoxy) is 1. The zero-order valence-electron chi connectivity index (χ0n) is 16.8. The van der Waals surface area contributed by atoms with Gasteiger partial charge in [-0.2, -0.15) is 0 Å². The Hall–Kier alpha value is -2.03. The van der Waals surface area contributed by atoms with Gasteiger partial charge in [0.1, 0.15) is 0 Å². The molecule has 0 saturated heterocycles. The van der Waals surface area contributed by atoms with Gasteiger partial charge in [0.25, 0.3) is 0 Å². The van der Waals surface area contributed by atoms with Crippen LogP contribution in [-0.4, -0.2) is 19.1 Å². The van der Waals surface area contributed by atoms with Crippen molar-refractivity contribution in [3.63, 3.8) is 0 Å². The molecule has 0 aliphatic rings. The number of rotatable bonds is 3. The Bertz CT molecular complexity index is 607. The van der Waals surface area contributed by atoms with Crippen LogP contribution in [0.3, 0.4) is 0 Å². The van der Waals surface area contributed by atoms with Crippen molar-refractivity contribution in [3.8, 4) is 5.88 Å². The van der Waals surface area contributed by atoms with E-state index >= 15 is 0 Å². The molecule has 24 heavy (non-hydrogen) atoms. The molecule has 1 aromatic carbocycles. The van der Waals surface area contributed by atoms with Crippen LogP contribution < -0.4 is 10.1 Å². The third kappa shape index (κ3) is 6.23. The largest absolute Gasteiger partial charge is 0.481 e. The average molecular weight is 331 g/mol. The van der Waals surface area contributed by atoms with Crippen molar-refractivity contribution in [2.75, 3.05) is 19.5 Å². The van der Waals surface area contributed by atoms with Crippen LogP contribution in [0.25, 0.3) is 0 Å². The standard InChI is InChI=1S/C11H17NO.C8H11N.C2H6/c1-7(2)10-8(3)6-12-11(13-5)9(10)4;1-7-5-3-4-6-8(7)9-2;1-2/h6-7H,1-5H3;3-6,9H,1-2H3;1-2H3. The maximum absolute atomic E-state index is 5.18. The lowest BCUT2D eigenvalue weighted by Crippen LogP contribution is -2.01. The Morgan fingerprint density at radius 2 is 1.58 bits per heavy atom. The molecule has 0 atom stereocenters. The second-order valence-electron chi connectivity index (χ2n) is 5.71. The van der Waals surface area contributed by atoms with Crippen molar-refractivity contribution in [1.29, 1.82) is 0 Å². The Morgan fingerprint density at radius 3 is 2.00 bits per heavy atom. The Morgan fingerprint density at radius 1 is 1.00 bits per heavy atom. The van der Waals surface area contributed by atoms with Crippen LogP contribution in [0.15, 0.2) is 30.5 Å². The minimum Gasteiger partial charge on any atom is -0.481 e. The highest BCUT2D eigenvalue weighted by atomic mass is 16.5. The third-order valence-electron chi connectivity index (χ3n) is 3.71. The average Bonchev–Trinajstić information content (AvgIpc) is 2.57. The molecule has 0 saturated carbocycles. The van der Waals surface area contributed by atoms with Gasteiger partial charge in [-0.3, -0.25) is 0 Å². The number of hydrogen-bond acceptors (Lipinski definition) is 3. The van der Waals surface area contributed by atoms with Crippen LogP contribution in [0, 0.1) is 20.8 Å². The summed E-state index contributed by atoms with van der Waals surface area (Å²) in [5, 5.41) is 3.10. The maximum atomic E-state index is 5.18. The molecule has 3 nitrogen and oxygen atoms in total. The van der Waals surface area contributed by atoms with Gasteiger partial charge in [-0.15, -0.1) is 0 Å². The lowest BCUT2D eigenvalue weighted by molar-refractivity contribution is 0.393. The smallest absolute Gasteiger partial charge is 0.216 e. The highest BCUT2D eigenvalue weighted by Crippen LogP contribution is 2.27. The molecule has 1 heterocycles. The molecule has 0 spiro atoms. The monoisotopic (exact) mass is 330 g/mol. The number of hydrogen-bond donors (Lipinski definition) is 1. The molecular weight excluding hydrogens is 296 g/mol. The Balaban J connectivity index is 0.000000420. The third-order valence-corrected chi connectivity index (χ3v) is 3.71. The fourth-order valence-electron chi connectivity index (χ4n) is 2.68. The number of benzene rings is 1. The first-order valence-electron chi connectivity index (χ1n) is 8.65. The molecule has 0 unspecified atom stereocenters. The van der Waals surface area contributed by atoms with Gasteiger partial charge in [-0.25, -0.2) is 4.98 Å². The van der Waals surface area contributed by atoms with Gasteiger partial charge in [0.05, 0.1) is 7.11 Å². The first kappa shape index (κ1) is 22.0. The summed E-state index contributed by atoms with van der Waals surface area (Å²) >= 11 is 0. The fraction of sp³-hybridized carbons (Fsp3) is 0.476. The molecule has 0 fully saturated rings. The predicted octanol–water partition coefficient (Wildman–Crippen LogP) is 5.89. The zero-order chi connectivity index (χ0) is 18.7. The Kier molecular flexibility index (Phi) is 10.5. The van der Waals surface area contributed by atoms with Crippen molar-refractivity contribution in [2.45, 2.75) is 54.4 Å². The van der Waals surface area contributed by atoms with Gasteiger partial charge in [0, 0.05) is 24.5 Å². The minimum absolute atomic E-state index is 0.525. The maximum Gasteiger partial charge on any atom is 0.216 e. The summed E-state index contributed by atoms with van der Waals surface area (Å²) < 4.78 is 5.18.